The molecule has 0 saturated carbocycles. The van der Waals surface area contributed by atoms with Crippen LogP contribution < -0.4 is 5.73 Å². The minimum absolute atomic E-state index is 0.127. The van der Waals surface area contributed by atoms with Gasteiger partial charge in [-0.25, -0.2) is 0 Å². The summed E-state index contributed by atoms with van der Waals surface area (Å²) in [6, 6.07) is 6.11. The Kier molecular flexibility index (Phi) is 2.99. The van der Waals surface area contributed by atoms with E-state index in [1.807, 2.05) is 6.07 Å². The van der Waals surface area contributed by atoms with E-state index in [0.717, 1.165) is 10.1 Å². The summed E-state index contributed by atoms with van der Waals surface area (Å²) >= 11 is 4.18. The molecule has 1 heterocycles. The van der Waals surface area contributed by atoms with Crippen LogP contribution in [0.4, 0.5) is 0 Å². The van der Waals surface area contributed by atoms with E-state index < -0.39 is 12.0 Å². The molecule has 0 spiro atoms. The van der Waals surface area contributed by atoms with E-state index in [2.05, 4.69) is 12.6 Å². The average molecular weight is 252 g/mol. The van der Waals surface area contributed by atoms with Gasteiger partial charge in [0.15, 0.2) is 0 Å². The van der Waals surface area contributed by atoms with Gasteiger partial charge in [0, 0.05) is 11.8 Å². The maximum Gasteiger partial charge on any atom is 0.320 e. The van der Waals surface area contributed by atoms with Gasteiger partial charge >= 0.3 is 5.97 Å². The zero-order chi connectivity index (χ0) is 12.6. The lowest BCUT2D eigenvalue weighted by Gasteiger charge is -2.05. The maximum atomic E-state index is 10.7. The second-order valence-corrected chi connectivity index (χ2v) is 4.20. The molecule has 0 aliphatic heterocycles. The van der Waals surface area contributed by atoms with Crippen molar-refractivity contribution in [1.29, 1.82) is 0 Å². The Morgan fingerprint density at radius 2 is 2.12 bits per heavy atom. The predicted octanol–water partition coefficient (Wildman–Crippen LogP) is 1.12. The summed E-state index contributed by atoms with van der Waals surface area (Å²) in [5.41, 5.74) is 6.72. The van der Waals surface area contributed by atoms with E-state index in [9.17, 15) is 10.0 Å². The number of rotatable bonds is 3. The Balaban J connectivity index is 2.53. The van der Waals surface area contributed by atoms with Gasteiger partial charge in [0.25, 0.3) is 0 Å². The number of nitrogens with two attached hydrogens (primary N) is 1. The second-order valence-electron chi connectivity index (χ2n) is 3.78. The van der Waals surface area contributed by atoms with Gasteiger partial charge in [-0.05, 0) is 11.6 Å². The molecule has 2 rings (SSSR count). The summed E-state index contributed by atoms with van der Waals surface area (Å²) in [5, 5.41) is 19.7. The van der Waals surface area contributed by atoms with E-state index in [-0.39, 0.29) is 6.42 Å². The van der Waals surface area contributed by atoms with Crippen LogP contribution in [0.15, 0.2) is 29.3 Å². The molecule has 0 amide bonds. The minimum Gasteiger partial charge on any atom is -0.480 e. The zero-order valence-corrected chi connectivity index (χ0v) is 9.76. The number of benzene rings is 1. The highest BCUT2D eigenvalue weighted by Crippen LogP contribution is 2.28. The lowest BCUT2D eigenvalue weighted by Crippen LogP contribution is -2.32. The van der Waals surface area contributed by atoms with E-state index in [0.29, 0.717) is 16.1 Å². The molecular formula is C11H12N2O3S. The molecule has 0 bridgehead atoms. The Labute approximate surface area is 103 Å². The molecule has 0 aliphatic carbocycles. The van der Waals surface area contributed by atoms with Crippen molar-refractivity contribution in [2.24, 2.45) is 5.73 Å². The van der Waals surface area contributed by atoms with Crippen molar-refractivity contribution >= 4 is 29.5 Å². The lowest BCUT2D eigenvalue weighted by atomic mass is 10.1. The molecule has 0 aliphatic rings. The van der Waals surface area contributed by atoms with E-state index in [1.165, 1.54) is 0 Å². The Hall–Kier alpha value is -1.66. The third-order valence-corrected chi connectivity index (χ3v) is 3.13. The van der Waals surface area contributed by atoms with Crippen LogP contribution in [0.3, 0.4) is 0 Å². The maximum absolute atomic E-state index is 10.7. The molecular weight excluding hydrogens is 240 g/mol. The molecule has 17 heavy (non-hydrogen) atoms. The molecule has 0 saturated heterocycles. The van der Waals surface area contributed by atoms with Crippen LogP contribution in [-0.2, 0) is 11.2 Å². The highest BCUT2D eigenvalue weighted by molar-refractivity contribution is 7.80. The summed E-state index contributed by atoms with van der Waals surface area (Å²) in [4.78, 5) is 10.7. The van der Waals surface area contributed by atoms with Crippen molar-refractivity contribution in [2.75, 3.05) is 0 Å². The standard InChI is InChI=1S/C11H12N2O3S/c12-8(11(14)15)5-7-6-3-1-2-4-9(6)13(16)10(7)17/h1-4,8,16-17H,5,12H2,(H,14,15). The van der Waals surface area contributed by atoms with Crippen LogP contribution >= 0.6 is 12.6 Å². The summed E-state index contributed by atoms with van der Waals surface area (Å²) in [7, 11) is 0. The largest absolute Gasteiger partial charge is 0.480 e. The highest BCUT2D eigenvalue weighted by Gasteiger charge is 2.19. The van der Waals surface area contributed by atoms with Crippen LogP contribution in [0.1, 0.15) is 5.56 Å². The van der Waals surface area contributed by atoms with Gasteiger partial charge in [-0.15, -0.1) is 12.6 Å². The Morgan fingerprint density at radius 1 is 1.47 bits per heavy atom. The fraction of sp³-hybridized carbons (Fsp3) is 0.182. The highest BCUT2D eigenvalue weighted by atomic mass is 32.1. The Morgan fingerprint density at radius 3 is 2.76 bits per heavy atom. The lowest BCUT2D eigenvalue weighted by molar-refractivity contribution is -0.138. The number of hydrogen-bond donors (Lipinski definition) is 4. The summed E-state index contributed by atoms with van der Waals surface area (Å²) in [6.07, 6.45) is 0.127. The molecule has 6 heteroatoms. The van der Waals surface area contributed by atoms with Gasteiger partial charge in [-0.1, -0.05) is 18.2 Å². The van der Waals surface area contributed by atoms with Crippen molar-refractivity contribution in [3.63, 3.8) is 0 Å². The van der Waals surface area contributed by atoms with Crippen LogP contribution in [0.5, 0.6) is 0 Å². The molecule has 0 radical (unpaired) electrons. The number of nitrogens with zero attached hydrogens (tertiary/aromatic N) is 1. The van der Waals surface area contributed by atoms with Gasteiger partial charge in [0.2, 0.25) is 0 Å². The minimum atomic E-state index is -1.08. The number of aliphatic carboxylic acids is 1. The number of carboxylic acids is 1. The zero-order valence-electron chi connectivity index (χ0n) is 8.87. The van der Waals surface area contributed by atoms with Gasteiger partial charge in [0.1, 0.15) is 11.1 Å². The fourth-order valence-electron chi connectivity index (χ4n) is 1.78. The van der Waals surface area contributed by atoms with Crippen LogP contribution in [0.25, 0.3) is 10.9 Å². The first-order valence-corrected chi connectivity index (χ1v) is 5.46. The second kappa shape index (κ2) is 4.31. The Bertz CT molecular complexity index is 579. The summed E-state index contributed by atoms with van der Waals surface area (Å²) in [5.74, 6) is -1.08. The number of carboxylic acid groups (broad SMARTS) is 1. The van der Waals surface area contributed by atoms with Gasteiger partial charge in [0.05, 0.1) is 5.52 Å². The summed E-state index contributed by atoms with van der Waals surface area (Å²) < 4.78 is 0.933. The SMILES string of the molecule is NC(Cc1c(S)n(O)c2ccccc12)C(=O)O. The number of para-hydroxylation sites is 1. The fourth-order valence-corrected chi connectivity index (χ4v) is 2.10. The molecule has 1 aromatic heterocycles. The van der Waals surface area contributed by atoms with Gasteiger partial charge < -0.3 is 16.0 Å². The number of thiol groups is 1. The molecule has 1 aromatic carbocycles. The molecule has 1 unspecified atom stereocenters. The van der Waals surface area contributed by atoms with Crippen molar-refractivity contribution in [1.82, 2.24) is 4.73 Å². The predicted molar refractivity (Wildman–Crippen MR) is 65.7 cm³/mol. The first-order valence-electron chi connectivity index (χ1n) is 5.01. The van der Waals surface area contributed by atoms with E-state index >= 15 is 0 Å². The molecule has 2 aromatic rings. The van der Waals surface area contributed by atoms with Crippen LogP contribution in [0, 0.1) is 0 Å². The van der Waals surface area contributed by atoms with Crippen LogP contribution in [-0.4, -0.2) is 27.1 Å². The third kappa shape index (κ3) is 1.96. The number of fused-ring (bicyclic) bond motifs is 1. The van der Waals surface area contributed by atoms with E-state index in [4.69, 9.17) is 10.8 Å². The average Bonchev–Trinajstić information content (AvgIpc) is 2.55. The third-order valence-electron chi connectivity index (χ3n) is 2.67. The van der Waals surface area contributed by atoms with Crippen molar-refractivity contribution in [2.45, 2.75) is 17.5 Å². The molecule has 5 nitrogen and oxygen atoms in total. The molecule has 4 N–H and O–H groups in total. The number of hydrogen-bond acceptors (Lipinski definition) is 4. The topological polar surface area (TPSA) is 88.5 Å². The molecule has 90 valence electrons. The normalized spacial score (nSPS) is 12.8. The van der Waals surface area contributed by atoms with Gasteiger partial charge in [-0.2, -0.15) is 4.73 Å². The monoisotopic (exact) mass is 252 g/mol. The number of aromatic nitrogens is 1. The van der Waals surface area contributed by atoms with Crippen LogP contribution in [0.2, 0.25) is 0 Å². The van der Waals surface area contributed by atoms with E-state index in [1.54, 1.807) is 18.2 Å². The summed E-state index contributed by atoms with van der Waals surface area (Å²) in [6.45, 7) is 0. The molecule has 1 atom stereocenters. The number of carbonyl (C=O) groups is 1. The first-order chi connectivity index (χ1) is 8.02. The molecule has 0 fully saturated rings. The van der Waals surface area contributed by atoms with Gasteiger partial charge in [-0.3, -0.25) is 4.79 Å². The smallest absolute Gasteiger partial charge is 0.320 e. The quantitative estimate of drug-likeness (QED) is 0.487. The van der Waals surface area contributed by atoms with Crippen molar-refractivity contribution < 1.29 is 15.1 Å². The van der Waals surface area contributed by atoms with Crippen molar-refractivity contribution in [3.05, 3.63) is 29.8 Å². The van der Waals surface area contributed by atoms with Crippen molar-refractivity contribution in [3.8, 4) is 0 Å². The first kappa shape index (κ1) is 11.8.